The molecular weight excluding hydrogens is 386 g/mol. The van der Waals surface area contributed by atoms with Crippen molar-refractivity contribution in [1.82, 2.24) is 9.97 Å². The SMILES string of the molecule is CCCC(C(=O)OC)c1c(C)nc(Nc2ccccc2)nc1-c1ccc(C(C)C)cc1. The first kappa shape index (κ1) is 22.5. The highest BCUT2D eigenvalue weighted by Gasteiger charge is 2.28. The fourth-order valence-corrected chi connectivity index (χ4v) is 3.76. The molecule has 0 spiro atoms. The second-order valence-corrected chi connectivity index (χ2v) is 8.03. The van der Waals surface area contributed by atoms with Gasteiger partial charge in [0.15, 0.2) is 0 Å². The van der Waals surface area contributed by atoms with Crippen LogP contribution < -0.4 is 5.32 Å². The zero-order valence-corrected chi connectivity index (χ0v) is 19.0. The molecule has 1 heterocycles. The first-order valence-corrected chi connectivity index (χ1v) is 10.8. The molecule has 1 aromatic heterocycles. The Labute approximate surface area is 184 Å². The lowest BCUT2D eigenvalue weighted by atomic mass is 9.89. The van der Waals surface area contributed by atoms with Crippen LogP contribution in [0.25, 0.3) is 11.3 Å². The van der Waals surface area contributed by atoms with E-state index in [0.717, 1.165) is 34.6 Å². The number of esters is 1. The van der Waals surface area contributed by atoms with Gasteiger partial charge in [-0.15, -0.1) is 0 Å². The van der Waals surface area contributed by atoms with Crippen molar-refractivity contribution in [3.63, 3.8) is 0 Å². The predicted molar refractivity (Wildman–Crippen MR) is 126 cm³/mol. The number of carbonyl (C=O) groups is 1. The molecule has 1 unspecified atom stereocenters. The van der Waals surface area contributed by atoms with Crippen molar-refractivity contribution in [1.29, 1.82) is 0 Å². The van der Waals surface area contributed by atoms with E-state index in [2.05, 4.69) is 50.4 Å². The second-order valence-electron chi connectivity index (χ2n) is 8.03. The zero-order valence-electron chi connectivity index (χ0n) is 19.0. The molecule has 5 heteroatoms. The van der Waals surface area contributed by atoms with Crippen LogP contribution in [0.2, 0.25) is 0 Å². The number of anilines is 2. The Morgan fingerprint density at radius 3 is 2.29 bits per heavy atom. The number of nitrogens with zero attached hydrogens (tertiary/aromatic N) is 2. The van der Waals surface area contributed by atoms with Crippen molar-refractivity contribution < 1.29 is 9.53 Å². The monoisotopic (exact) mass is 417 g/mol. The van der Waals surface area contributed by atoms with Crippen LogP contribution in [-0.4, -0.2) is 23.0 Å². The Hall–Kier alpha value is -3.21. The molecule has 0 saturated carbocycles. The number of hydrogen-bond donors (Lipinski definition) is 1. The van der Waals surface area contributed by atoms with Crippen LogP contribution in [0.5, 0.6) is 0 Å². The number of nitrogens with one attached hydrogen (secondary N) is 1. The smallest absolute Gasteiger partial charge is 0.313 e. The highest BCUT2D eigenvalue weighted by molar-refractivity contribution is 5.82. The maximum absolute atomic E-state index is 12.7. The van der Waals surface area contributed by atoms with E-state index in [1.807, 2.05) is 37.3 Å². The van der Waals surface area contributed by atoms with Gasteiger partial charge in [0.25, 0.3) is 0 Å². The number of benzene rings is 2. The summed E-state index contributed by atoms with van der Waals surface area (Å²) in [5, 5.41) is 3.29. The highest BCUT2D eigenvalue weighted by atomic mass is 16.5. The molecule has 31 heavy (non-hydrogen) atoms. The summed E-state index contributed by atoms with van der Waals surface area (Å²) in [6, 6.07) is 18.2. The van der Waals surface area contributed by atoms with Gasteiger partial charge in [0.05, 0.1) is 18.7 Å². The number of ether oxygens (including phenoxy) is 1. The summed E-state index contributed by atoms with van der Waals surface area (Å²) < 4.78 is 5.13. The van der Waals surface area contributed by atoms with Crippen LogP contribution in [-0.2, 0) is 9.53 Å². The first-order chi connectivity index (χ1) is 14.9. The summed E-state index contributed by atoms with van der Waals surface area (Å²) in [6.07, 6.45) is 1.54. The minimum absolute atomic E-state index is 0.252. The van der Waals surface area contributed by atoms with E-state index in [-0.39, 0.29) is 5.97 Å². The Morgan fingerprint density at radius 2 is 1.71 bits per heavy atom. The van der Waals surface area contributed by atoms with Crippen LogP contribution in [0.3, 0.4) is 0 Å². The average Bonchev–Trinajstić information content (AvgIpc) is 2.78. The van der Waals surface area contributed by atoms with Crippen molar-refractivity contribution in [2.75, 3.05) is 12.4 Å². The van der Waals surface area contributed by atoms with Crippen LogP contribution in [0.1, 0.15) is 62.3 Å². The van der Waals surface area contributed by atoms with E-state index in [9.17, 15) is 4.79 Å². The van der Waals surface area contributed by atoms with Crippen molar-refractivity contribution in [3.05, 3.63) is 71.4 Å². The molecule has 1 atom stereocenters. The lowest BCUT2D eigenvalue weighted by molar-refractivity contribution is -0.142. The molecular formula is C26H31N3O2. The quantitative estimate of drug-likeness (QED) is 0.431. The maximum atomic E-state index is 12.7. The average molecular weight is 418 g/mol. The predicted octanol–water partition coefficient (Wildman–Crippen LogP) is 6.38. The third kappa shape index (κ3) is 5.29. The van der Waals surface area contributed by atoms with Gasteiger partial charge in [0.2, 0.25) is 5.95 Å². The van der Waals surface area contributed by atoms with Crippen molar-refractivity contribution in [3.8, 4) is 11.3 Å². The Bertz CT molecular complexity index is 1010. The van der Waals surface area contributed by atoms with Gasteiger partial charge in [-0.2, -0.15) is 0 Å². The van der Waals surface area contributed by atoms with E-state index in [0.29, 0.717) is 18.3 Å². The molecule has 1 N–H and O–H groups in total. The van der Waals surface area contributed by atoms with Gasteiger partial charge in [-0.1, -0.05) is 69.7 Å². The van der Waals surface area contributed by atoms with E-state index < -0.39 is 5.92 Å². The summed E-state index contributed by atoms with van der Waals surface area (Å²) in [6.45, 7) is 8.34. The van der Waals surface area contributed by atoms with Gasteiger partial charge in [0, 0.05) is 22.5 Å². The normalized spacial score (nSPS) is 11.9. The van der Waals surface area contributed by atoms with Crippen LogP contribution in [0, 0.1) is 6.92 Å². The number of aromatic nitrogens is 2. The number of hydrogen-bond acceptors (Lipinski definition) is 5. The molecule has 0 aliphatic rings. The van der Waals surface area contributed by atoms with Crippen molar-refractivity contribution >= 4 is 17.6 Å². The van der Waals surface area contributed by atoms with Crippen molar-refractivity contribution in [2.24, 2.45) is 0 Å². The molecule has 3 rings (SSSR count). The largest absolute Gasteiger partial charge is 0.469 e. The number of carbonyl (C=O) groups excluding carboxylic acids is 1. The molecule has 0 radical (unpaired) electrons. The molecule has 5 nitrogen and oxygen atoms in total. The number of aryl methyl sites for hydroxylation is 1. The fraction of sp³-hybridized carbons (Fsp3) is 0.346. The minimum atomic E-state index is -0.402. The zero-order chi connectivity index (χ0) is 22.4. The summed E-state index contributed by atoms with van der Waals surface area (Å²) in [5.74, 6) is 0.298. The molecule has 0 fully saturated rings. The Kier molecular flexibility index (Phi) is 7.40. The Morgan fingerprint density at radius 1 is 1.03 bits per heavy atom. The Balaban J connectivity index is 2.15. The van der Waals surface area contributed by atoms with Gasteiger partial charge >= 0.3 is 5.97 Å². The van der Waals surface area contributed by atoms with Gasteiger partial charge in [0.1, 0.15) is 0 Å². The third-order valence-electron chi connectivity index (χ3n) is 5.43. The van der Waals surface area contributed by atoms with Gasteiger partial charge in [-0.3, -0.25) is 4.79 Å². The van der Waals surface area contributed by atoms with Gasteiger partial charge in [-0.05, 0) is 37.0 Å². The highest BCUT2D eigenvalue weighted by Crippen LogP contribution is 2.35. The number of para-hydroxylation sites is 1. The van der Waals surface area contributed by atoms with Crippen molar-refractivity contribution in [2.45, 2.75) is 52.4 Å². The summed E-state index contributed by atoms with van der Waals surface area (Å²) in [7, 11) is 1.43. The molecule has 0 bridgehead atoms. The molecule has 0 amide bonds. The fourth-order valence-electron chi connectivity index (χ4n) is 3.76. The molecule has 3 aromatic rings. The third-order valence-corrected chi connectivity index (χ3v) is 5.43. The summed E-state index contributed by atoms with van der Waals surface area (Å²) in [4.78, 5) is 22.2. The van der Waals surface area contributed by atoms with E-state index >= 15 is 0 Å². The molecule has 0 aliphatic heterocycles. The summed E-state index contributed by atoms with van der Waals surface area (Å²) in [5.41, 5.74) is 5.52. The molecule has 2 aromatic carbocycles. The second kappa shape index (κ2) is 10.2. The molecule has 0 saturated heterocycles. The molecule has 162 valence electrons. The number of methoxy groups -OCH3 is 1. The van der Waals surface area contributed by atoms with E-state index in [1.165, 1.54) is 12.7 Å². The lowest BCUT2D eigenvalue weighted by Gasteiger charge is -2.21. The molecule has 0 aliphatic carbocycles. The summed E-state index contributed by atoms with van der Waals surface area (Å²) >= 11 is 0. The topological polar surface area (TPSA) is 64.1 Å². The minimum Gasteiger partial charge on any atom is -0.469 e. The number of rotatable bonds is 8. The van der Waals surface area contributed by atoms with Crippen LogP contribution in [0.15, 0.2) is 54.6 Å². The standard InChI is InChI=1S/C26H31N3O2/c1-6-10-22(25(30)31-5)23-18(4)27-26(28-21-11-8-7-9-12-21)29-24(23)20-15-13-19(14-16-20)17(2)3/h7-9,11-17,22H,6,10H2,1-5H3,(H,27,28,29). The van der Waals surface area contributed by atoms with Crippen LogP contribution in [0.4, 0.5) is 11.6 Å². The van der Waals surface area contributed by atoms with Crippen LogP contribution >= 0.6 is 0 Å². The first-order valence-electron chi connectivity index (χ1n) is 10.8. The van der Waals surface area contributed by atoms with Gasteiger partial charge < -0.3 is 10.1 Å². The van der Waals surface area contributed by atoms with Gasteiger partial charge in [-0.25, -0.2) is 9.97 Å². The lowest BCUT2D eigenvalue weighted by Crippen LogP contribution is -2.18. The van der Waals surface area contributed by atoms with E-state index in [1.54, 1.807) is 0 Å². The maximum Gasteiger partial charge on any atom is 0.313 e. The van der Waals surface area contributed by atoms with E-state index in [4.69, 9.17) is 14.7 Å².